The zero-order chi connectivity index (χ0) is 15.6. The maximum atomic E-state index is 12.0. The Morgan fingerprint density at radius 2 is 1.68 bits per heavy atom. The lowest BCUT2D eigenvalue weighted by molar-refractivity contribution is 0.273. The predicted molar refractivity (Wildman–Crippen MR) is 83.1 cm³/mol. The van der Waals surface area contributed by atoms with Gasteiger partial charge in [-0.1, -0.05) is 19.3 Å². The van der Waals surface area contributed by atoms with Crippen LogP contribution < -0.4 is 0 Å². The predicted octanol–water partition coefficient (Wildman–Crippen LogP) is 2.65. The number of hydrogen-bond donors (Lipinski definition) is 0. The molecule has 1 aliphatic carbocycles. The summed E-state index contributed by atoms with van der Waals surface area (Å²) in [5.74, 6) is 1.97. The molecule has 1 atom stereocenters. The third-order valence-corrected chi connectivity index (χ3v) is 6.75. The van der Waals surface area contributed by atoms with E-state index in [9.17, 15) is 8.42 Å². The van der Waals surface area contributed by atoms with Crippen molar-refractivity contribution >= 4 is 10.0 Å². The largest absolute Gasteiger partial charge is 0.425 e. The van der Waals surface area contributed by atoms with E-state index >= 15 is 0 Å². The van der Waals surface area contributed by atoms with Crippen molar-refractivity contribution in [3.8, 4) is 0 Å². The van der Waals surface area contributed by atoms with Gasteiger partial charge in [0.25, 0.3) is 0 Å². The lowest BCUT2D eigenvalue weighted by Gasteiger charge is -2.29. The quantitative estimate of drug-likeness (QED) is 0.849. The Hall–Kier alpha value is -0.950. The van der Waals surface area contributed by atoms with E-state index in [1.807, 2.05) is 0 Å². The van der Waals surface area contributed by atoms with Crippen molar-refractivity contribution < 1.29 is 12.8 Å². The molecule has 2 heterocycles. The van der Waals surface area contributed by atoms with Crippen molar-refractivity contribution in [2.45, 2.75) is 63.7 Å². The van der Waals surface area contributed by atoms with E-state index < -0.39 is 10.0 Å². The molecule has 0 N–H and O–H groups in total. The van der Waals surface area contributed by atoms with Crippen LogP contribution in [0.15, 0.2) is 4.42 Å². The Morgan fingerprint density at radius 1 is 1.05 bits per heavy atom. The second-order valence-electron chi connectivity index (χ2n) is 6.41. The lowest BCUT2D eigenvalue weighted by Crippen LogP contribution is -2.39. The number of aromatic nitrogens is 2. The zero-order valence-electron chi connectivity index (χ0n) is 13.2. The first-order valence-electron chi connectivity index (χ1n) is 8.41. The minimum Gasteiger partial charge on any atom is -0.425 e. The van der Waals surface area contributed by atoms with E-state index in [0.29, 0.717) is 24.9 Å². The van der Waals surface area contributed by atoms with E-state index in [1.54, 1.807) is 11.2 Å². The van der Waals surface area contributed by atoms with Crippen LogP contribution in [0.25, 0.3) is 0 Å². The van der Waals surface area contributed by atoms with Crippen molar-refractivity contribution in [3.05, 3.63) is 11.8 Å². The fraction of sp³-hybridized carbons (Fsp3) is 0.867. The van der Waals surface area contributed by atoms with Gasteiger partial charge < -0.3 is 4.42 Å². The lowest BCUT2D eigenvalue weighted by atomic mass is 9.89. The van der Waals surface area contributed by atoms with Gasteiger partial charge in [0.2, 0.25) is 21.8 Å². The summed E-state index contributed by atoms with van der Waals surface area (Å²) < 4.78 is 31.6. The maximum absolute atomic E-state index is 12.0. The molecule has 0 spiro atoms. The number of sulfonamides is 1. The molecular formula is C15H25N3O3S. The zero-order valence-corrected chi connectivity index (χ0v) is 14.0. The van der Waals surface area contributed by atoms with Crippen LogP contribution in [0.4, 0.5) is 0 Å². The van der Waals surface area contributed by atoms with Crippen molar-refractivity contribution in [2.75, 3.05) is 18.8 Å². The van der Waals surface area contributed by atoms with Crippen LogP contribution in [0.2, 0.25) is 0 Å². The molecule has 0 radical (unpaired) electrons. The Morgan fingerprint density at radius 3 is 2.36 bits per heavy atom. The number of nitrogens with zero attached hydrogens (tertiary/aromatic N) is 3. The molecule has 1 saturated heterocycles. The summed E-state index contributed by atoms with van der Waals surface area (Å²) in [6.07, 6.45) is 7.78. The first-order valence-corrected chi connectivity index (χ1v) is 10.0. The molecule has 0 amide bonds. The van der Waals surface area contributed by atoms with Crippen LogP contribution in [-0.4, -0.2) is 41.8 Å². The number of rotatable bonds is 4. The van der Waals surface area contributed by atoms with Gasteiger partial charge in [0.1, 0.15) is 0 Å². The molecule has 1 aromatic heterocycles. The monoisotopic (exact) mass is 327 g/mol. The highest BCUT2D eigenvalue weighted by molar-refractivity contribution is 7.89. The Kier molecular flexibility index (Phi) is 4.82. The second-order valence-corrected chi connectivity index (χ2v) is 8.67. The molecule has 1 unspecified atom stereocenters. The van der Waals surface area contributed by atoms with E-state index in [1.165, 1.54) is 19.3 Å². The highest BCUT2D eigenvalue weighted by atomic mass is 32.2. The normalized spacial score (nSPS) is 25.4. The van der Waals surface area contributed by atoms with Crippen LogP contribution in [-0.2, 0) is 10.0 Å². The Labute approximate surface area is 132 Å². The molecule has 3 rings (SSSR count). The van der Waals surface area contributed by atoms with Crippen LogP contribution in [0.5, 0.6) is 0 Å². The Bertz CT molecular complexity index is 593. The van der Waals surface area contributed by atoms with Gasteiger partial charge in [-0.05, 0) is 32.6 Å². The van der Waals surface area contributed by atoms with Gasteiger partial charge in [0, 0.05) is 19.0 Å². The highest BCUT2D eigenvalue weighted by Crippen LogP contribution is 2.34. The first-order chi connectivity index (χ1) is 10.6. The summed E-state index contributed by atoms with van der Waals surface area (Å²) in [6, 6.07) is 0. The molecule has 0 bridgehead atoms. The summed E-state index contributed by atoms with van der Waals surface area (Å²) in [5.41, 5.74) is 0. The maximum Gasteiger partial charge on any atom is 0.220 e. The third kappa shape index (κ3) is 3.35. The van der Waals surface area contributed by atoms with Crippen molar-refractivity contribution in [1.82, 2.24) is 14.5 Å². The summed E-state index contributed by atoms with van der Waals surface area (Å²) in [4.78, 5) is 0. The van der Waals surface area contributed by atoms with E-state index in [2.05, 4.69) is 10.2 Å². The summed E-state index contributed by atoms with van der Waals surface area (Å²) >= 11 is 0. The average molecular weight is 327 g/mol. The van der Waals surface area contributed by atoms with Gasteiger partial charge in [-0.2, -0.15) is 0 Å². The molecule has 1 aliphatic heterocycles. The summed E-state index contributed by atoms with van der Waals surface area (Å²) in [6.45, 7) is 2.77. The molecule has 22 heavy (non-hydrogen) atoms. The van der Waals surface area contributed by atoms with Crippen LogP contribution in [0, 0.1) is 0 Å². The first kappa shape index (κ1) is 15.9. The molecule has 124 valence electrons. The van der Waals surface area contributed by atoms with Gasteiger partial charge in [0.05, 0.1) is 11.7 Å². The van der Waals surface area contributed by atoms with Crippen LogP contribution in [0.1, 0.15) is 75.5 Å². The molecule has 2 aliphatic rings. The summed E-state index contributed by atoms with van der Waals surface area (Å²) in [7, 11) is -3.13. The molecule has 1 aromatic rings. The smallest absolute Gasteiger partial charge is 0.220 e. The minimum absolute atomic E-state index is 0.0416. The van der Waals surface area contributed by atoms with Crippen LogP contribution >= 0.6 is 0 Å². The Balaban J connectivity index is 1.70. The van der Waals surface area contributed by atoms with Gasteiger partial charge in [-0.25, -0.2) is 12.7 Å². The molecule has 6 nitrogen and oxygen atoms in total. The fourth-order valence-electron chi connectivity index (χ4n) is 3.51. The van der Waals surface area contributed by atoms with Gasteiger partial charge >= 0.3 is 0 Å². The van der Waals surface area contributed by atoms with Crippen LogP contribution in [0.3, 0.4) is 0 Å². The number of piperidine rings is 1. The summed E-state index contributed by atoms with van der Waals surface area (Å²) in [5, 5.41) is 8.46. The highest BCUT2D eigenvalue weighted by Gasteiger charge is 2.32. The SMILES string of the molecule is CCS(=O)(=O)N1CCCC(c2nnc(C3CCCCC3)o2)C1. The van der Waals surface area contributed by atoms with Gasteiger partial charge in [0.15, 0.2) is 0 Å². The van der Waals surface area contributed by atoms with Crippen molar-refractivity contribution in [2.24, 2.45) is 0 Å². The standard InChI is InChI=1S/C15H25N3O3S/c1-2-22(19,20)18-10-6-9-13(11-18)15-17-16-14(21-15)12-7-4-3-5-8-12/h12-13H,2-11H2,1H3. The minimum atomic E-state index is -3.13. The topological polar surface area (TPSA) is 76.3 Å². The molecule has 2 fully saturated rings. The molecular weight excluding hydrogens is 302 g/mol. The van der Waals surface area contributed by atoms with E-state index in [4.69, 9.17) is 4.42 Å². The van der Waals surface area contributed by atoms with Crippen molar-refractivity contribution in [3.63, 3.8) is 0 Å². The second kappa shape index (κ2) is 6.66. The average Bonchev–Trinajstić information content (AvgIpc) is 3.06. The molecule has 1 saturated carbocycles. The molecule has 0 aromatic carbocycles. The van der Waals surface area contributed by atoms with E-state index in [0.717, 1.165) is 31.6 Å². The number of hydrogen-bond acceptors (Lipinski definition) is 5. The van der Waals surface area contributed by atoms with Crippen molar-refractivity contribution in [1.29, 1.82) is 0 Å². The molecule has 7 heteroatoms. The van der Waals surface area contributed by atoms with Gasteiger partial charge in [-0.15, -0.1) is 10.2 Å². The third-order valence-electron chi connectivity index (χ3n) is 4.90. The van der Waals surface area contributed by atoms with Gasteiger partial charge in [-0.3, -0.25) is 0 Å². The fourth-order valence-corrected chi connectivity index (χ4v) is 4.68. The van der Waals surface area contributed by atoms with E-state index in [-0.39, 0.29) is 11.7 Å².